The molecule has 0 radical (unpaired) electrons. The second-order valence-corrected chi connectivity index (χ2v) is 7.12. The molecule has 1 N–H and O–H groups in total. The van der Waals surface area contributed by atoms with Gasteiger partial charge in [0.15, 0.2) is 0 Å². The van der Waals surface area contributed by atoms with Crippen molar-refractivity contribution in [3.63, 3.8) is 0 Å². The minimum atomic E-state index is -0.474. The molecule has 2 aliphatic carbocycles. The Morgan fingerprint density at radius 2 is 2.08 bits per heavy atom. The Labute approximate surface area is 141 Å². The smallest absolute Gasteiger partial charge is 0.254 e. The molecule has 5 heteroatoms. The van der Waals surface area contributed by atoms with Crippen LogP contribution in [-0.4, -0.2) is 21.7 Å². The number of benzene rings is 1. The van der Waals surface area contributed by atoms with Crippen LogP contribution >= 0.6 is 0 Å². The van der Waals surface area contributed by atoms with E-state index in [1.165, 1.54) is 31.7 Å². The van der Waals surface area contributed by atoms with Gasteiger partial charge in [-0.25, -0.2) is 4.39 Å². The second kappa shape index (κ2) is 6.04. The monoisotopic (exact) mass is 327 g/mol. The van der Waals surface area contributed by atoms with Crippen LogP contribution in [0.3, 0.4) is 0 Å². The fourth-order valence-corrected chi connectivity index (χ4v) is 3.98. The summed E-state index contributed by atoms with van der Waals surface area (Å²) in [6, 6.07) is 4.89. The Bertz CT molecular complexity index is 764. The third-order valence-electron chi connectivity index (χ3n) is 5.41. The van der Waals surface area contributed by atoms with Gasteiger partial charge < -0.3 is 5.32 Å². The van der Waals surface area contributed by atoms with E-state index in [0.29, 0.717) is 5.92 Å². The van der Waals surface area contributed by atoms with Crippen molar-refractivity contribution in [1.29, 1.82) is 0 Å². The maximum atomic E-state index is 14.1. The molecule has 2 saturated carbocycles. The van der Waals surface area contributed by atoms with Crippen molar-refractivity contribution in [3.8, 4) is 11.1 Å². The fraction of sp³-hybridized carbons (Fsp3) is 0.474. The largest absolute Gasteiger partial charge is 0.349 e. The Kier molecular flexibility index (Phi) is 3.87. The van der Waals surface area contributed by atoms with Crippen molar-refractivity contribution in [3.05, 3.63) is 42.0 Å². The molecule has 2 aliphatic rings. The molecule has 24 heavy (non-hydrogen) atoms. The third kappa shape index (κ3) is 2.95. The van der Waals surface area contributed by atoms with E-state index in [4.69, 9.17) is 0 Å². The molecule has 2 fully saturated rings. The zero-order chi connectivity index (χ0) is 16.7. The fourth-order valence-electron chi connectivity index (χ4n) is 3.98. The van der Waals surface area contributed by atoms with Crippen LogP contribution in [0.15, 0.2) is 30.6 Å². The van der Waals surface area contributed by atoms with Gasteiger partial charge in [-0.15, -0.1) is 0 Å². The lowest BCUT2D eigenvalue weighted by atomic mass is 10.0. The van der Waals surface area contributed by atoms with Crippen molar-refractivity contribution in [2.24, 2.45) is 18.9 Å². The number of carbonyl (C=O) groups excluding carboxylic acids is 1. The lowest BCUT2D eigenvalue weighted by Crippen LogP contribution is -2.28. The number of aromatic nitrogens is 2. The van der Waals surface area contributed by atoms with Gasteiger partial charge in [0.1, 0.15) is 5.82 Å². The molecule has 0 spiro atoms. The van der Waals surface area contributed by atoms with Crippen molar-refractivity contribution >= 4 is 5.91 Å². The predicted octanol–water partition coefficient (Wildman–Crippen LogP) is 3.53. The van der Waals surface area contributed by atoms with Crippen LogP contribution < -0.4 is 5.32 Å². The minimum absolute atomic E-state index is 0.119. The van der Waals surface area contributed by atoms with Crippen LogP contribution in [0.1, 0.15) is 42.5 Å². The molecule has 0 aliphatic heterocycles. The van der Waals surface area contributed by atoms with E-state index in [9.17, 15) is 9.18 Å². The molecule has 2 unspecified atom stereocenters. The zero-order valence-electron chi connectivity index (χ0n) is 13.8. The lowest BCUT2D eigenvalue weighted by molar-refractivity contribution is 0.0943. The molecule has 4 nitrogen and oxygen atoms in total. The van der Waals surface area contributed by atoms with Crippen molar-refractivity contribution in [2.45, 2.75) is 38.1 Å². The SMILES string of the molecule is Cn1cc(-c2ccc(F)c(C(=O)NC3CC3C3CCCC3)c2)cn1. The number of nitrogens with one attached hydrogen (secondary N) is 1. The van der Waals surface area contributed by atoms with E-state index in [-0.39, 0.29) is 17.5 Å². The summed E-state index contributed by atoms with van der Waals surface area (Å²) in [7, 11) is 1.83. The van der Waals surface area contributed by atoms with Crippen LogP contribution in [0.4, 0.5) is 4.39 Å². The normalized spacial score (nSPS) is 23.4. The third-order valence-corrected chi connectivity index (χ3v) is 5.41. The first-order chi connectivity index (χ1) is 11.6. The van der Waals surface area contributed by atoms with Gasteiger partial charge in [0.05, 0.1) is 11.8 Å². The van der Waals surface area contributed by atoms with Gasteiger partial charge in [-0.2, -0.15) is 5.10 Å². The average molecular weight is 327 g/mol. The molecule has 2 atom stereocenters. The molecular formula is C19H22FN3O. The van der Waals surface area contributed by atoms with Gasteiger partial charge >= 0.3 is 0 Å². The Morgan fingerprint density at radius 1 is 1.29 bits per heavy atom. The van der Waals surface area contributed by atoms with Crippen LogP contribution in [0.2, 0.25) is 0 Å². The van der Waals surface area contributed by atoms with E-state index in [1.54, 1.807) is 23.0 Å². The number of rotatable bonds is 4. The first-order valence-electron chi connectivity index (χ1n) is 8.71. The highest BCUT2D eigenvalue weighted by Crippen LogP contribution is 2.45. The summed E-state index contributed by atoms with van der Waals surface area (Å²) in [5.41, 5.74) is 1.80. The van der Waals surface area contributed by atoms with Gasteiger partial charge in [-0.1, -0.05) is 31.7 Å². The molecule has 0 saturated heterocycles. The van der Waals surface area contributed by atoms with Crippen molar-refractivity contribution < 1.29 is 9.18 Å². The predicted molar refractivity (Wildman–Crippen MR) is 89.9 cm³/mol. The Morgan fingerprint density at radius 3 is 2.79 bits per heavy atom. The number of hydrogen-bond acceptors (Lipinski definition) is 2. The van der Waals surface area contributed by atoms with Crippen LogP contribution in [0.25, 0.3) is 11.1 Å². The van der Waals surface area contributed by atoms with E-state index in [1.807, 2.05) is 13.2 Å². The molecule has 1 amide bonds. The number of aryl methyl sites for hydroxylation is 1. The minimum Gasteiger partial charge on any atom is -0.349 e. The van der Waals surface area contributed by atoms with Gasteiger partial charge in [-0.3, -0.25) is 9.48 Å². The lowest BCUT2D eigenvalue weighted by Gasteiger charge is -2.10. The maximum absolute atomic E-state index is 14.1. The van der Waals surface area contributed by atoms with Crippen molar-refractivity contribution in [1.82, 2.24) is 15.1 Å². The van der Waals surface area contributed by atoms with Gasteiger partial charge in [0.25, 0.3) is 5.91 Å². The highest BCUT2D eigenvalue weighted by atomic mass is 19.1. The van der Waals surface area contributed by atoms with Gasteiger partial charge in [0, 0.05) is 24.8 Å². The van der Waals surface area contributed by atoms with E-state index < -0.39 is 5.82 Å². The van der Waals surface area contributed by atoms with Crippen LogP contribution in [0.5, 0.6) is 0 Å². The number of hydrogen-bond donors (Lipinski definition) is 1. The number of nitrogens with zero attached hydrogens (tertiary/aromatic N) is 2. The Hall–Kier alpha value is -2.17. The summed E-state index contributed by atoms with van der Waals surface area (Å²) < 4.78 is 15.8. The molecule has 4 rings (SSSR count). The first kappa shape index (κ1) is 15.4. The molecule has 1 aromatic carbocycles. The van der Waals surface area contributed by atoms with Gasteiger partial charge in [-0.05, 0) is 36.0 Å². The summed E-state index contributed by atoms with van der Waals surface area (Å²) in [6.45, 7) is 0. The summed E-state index contributed by atoms with van der Waals surface area (Å²) in [5, 5.41) is 7.15. The molecule has 0 bridgehead atoms. The zero-order valence-corrected chi connectivity index (χ0v) is 13.8. The maximum Gasteiger partial charge on any atom is 0.254 e. The van der Waals surface area contributed by atoms with E-state index in [0.717, 1.165) is 23.5 Å². The summed E-state index contributed by atoms with van der Waals surface area (Å²) in [4.78, 5) is 12.5. The molecule has 2 aromatic rings. The van der Waals surface area contributed by atoms with Gasteiger partial charge in [0.2, 0.25) is 0 Å². The second-order valence-electron chi connectivity index (χ2n) is 7.12. The van der Waals surface area contributed by atoms with E-state index >= 15 is 0 Å². The molecule has 1 aromatic heterocycles. The van der Waals surface area contributed by atoms with Crippen molar-refractivity contribution in [2.75, 3.05) is 0 Å². The average Bonchev–Trinajstić information content (AvgIpc) is 2.98. The van der Waals surface area contributed by atoms with E-state index in [2.05, 4.69) is 10.4 Å². The standard InChI is InChI=1S/C19H22FN3O/c1-23-11-14(10-21-23)13-6-7-17(20)16(8-13)19(24)22-18-9-15(18)12-4-2-3-5-12/h6-8,10-12,15,18H,2-5,9H2,1H3,(H,22,24). The quantitative estimate of drug-likeness (QED) is 0.934. The molecule has 1 heterocycles. The molecule has 126 valence electrons. The number of amides is 1. The number of halogens is 1. The highest BCUT2D eigenvalue weighted by molar-refractivity contribution is 5.96. The summed E-state index contributed by atoms with van der Waals surface area (Å²) >= 11 is 0. The highest BCUT2D eigenvalue weighted by Gasteiger charge is 2.44. The summed E-state index contributed by atoms with van der Waals surface area (Å²) in [6.07, 6.45) is 9.79. The first-order valence-corrected chi connectivity index (χ1v) is 8.71. The topological polar surface area (TPSA) is 46.9 Å². The number of carbonyl (C=O) groups is 1. The van der Waals surface area contributed by atoms with Crippen LogP contribution in [0, 0.1) is 17.7 Å². The summed E-state index contributed by atoms with van der Waals surface area (Å²) in [5.74, 6) is 0.574. The molecular weight excluding hydrogens is 305 g/mol. The Balaban J connectivity index is 1.48. The van der Waals surface area contributed by atoms with Crippen LogP contribution in [-0.2, 0) is 7.05 Å².